The van der Waals surface area contributed by atoms with E-state index in [2.05, 4.69) is 5.32 Å². The first-order valence-electron chi connectivity index (χ1n) is 10.8. The average molecular weight is 529 g/mol. The molecule has 2 rings (SSSR count). The number of aryl methyl sites for hydroxylation is 1. The van der Waals surface area contributed by atoms with Crippen molar-refractivity contribution >= 4 is 50.7 Å². The minimum atomic E-state index is -3.86. The molecule has 0 fully saturated rings. The minimum absolute atomic E-state index is 0.148. The Hall–Kier alpha value is -2.29. The fourth-order valence-electron chi connectivity index (χ4n) is 3.30. The van der Waals surface area contributed by atoms with E-state index in [-0.39, 0.29) is 34.1 Å². The van der Waals surface area contributed by atoms with Gasteiger partial charge in [0.1, 0.15) is 12.6 Å². The zero-order valence-corrected chi connectivity index (χ0v) is 22.3. The van der Waals surface area contributed by atoms with Gasteiger partial charge in [0.25, 0.3) is 0 Å². The standard InChI is InChI=1S/C24H31Cl2N3O4S/c1-16(2)13-27-24(31)18(4)28(14-19-9-7-6-8-17(19)3)23(30)15-29(34(5,32)33)22-11-20(25)10-21(26)12-22/h6-12,16,18H,13-15H2,1-5H3,(H,27,31)/t18-/m0/s1. The summed E-state index contributed by atoms with van der Waals surface area (Å²) in [4.78, 5) is 27.7. The van der Waals surface area contributed by atoms with E-state index in [1.165, 1.54) is 23.1 Å². The Balaban J connectivity index is 2.41. The van der Waals surface area contributed by atoms with Crippen molar-refractivity contribution in [3.8, 4) is 0 Å². The zero-order valence-electron chi connectivity index (χ0n) is 20.0. The molecule has 2 aromatic carbocycles. The highest BCUT2D eigenvalue weighted by molar-refractivity contribution is 7.92. The summed E-state index contributed by atoms with van der Waals surface area (Å²) in [6.07, 6.45) is 1.000. The van der Waals surface area contributed by atoms with E-state index in [0.29, 0.717) is 6.54 Å². The van der Waals surface area contributed by atoms with E-state index < -0.39 is 28.5 Å². The van der Waals surface area contributed by atoms with Crippen LogP contribution < -0.4 is 9.62 Å². The van der Waals surface area contributed by atoms with Crippen LogP contribution in [0.5, 0.6) is 0 Å². The second-order valence-electron chi connectivity index (χ2n) is 8.66. The van der Waals surface area contributed by atoms with Gasteiger partial charge in [0.15, 0.2) is 0 Å². The second-order valence-corrected chi connectivity index (χ2v) is 11.4. The number of carbonyl (C=O) groups is 2. The molecule has 0 bridgehead atoms. The van der Waals surface area contributed by atoms with Crippen molar-refractivity contribution in [1.82, 2.24) is 10.2 Å². The Kier molecular flexibility index (Phi) is 9.79. The van der Waals surface area contributed by atoms with Crippen LogP contribution in [0.25, 0.3) is 0 Å². The highest BCUT2D eigenvalue weighted by Gasteiger charge is 2.30. The van der Waals surface area contributed by atoms with Crippen molar-refractivity contribution in [2.45, 2.75) is 40.3 Å². The lowest BCUT2D eigenvalue weighted by molar-refractivity contribution is -0.139. The van der Waals surface area contributed by atoms with Gasteiger partial charge in [-0.3, -0.25) is 13.9 Å². The maximum atomic E-state index is 13.5. The van der Waals surface area contributed by atoms with Gasteiger partial charge in [-0.2, -0.15) is 0 Å². The number of nitrogens with zero attached hydrogens (tertiary/aromatic N) is 2. The minimum Gasteiger partial charge on any atom is -0.354 e. The Morgan fingerprint density at radius 3 is 2.15 bits per heavy atom. The molecule has 186 valence electrons. The molecule has 34 heavy (non-hydrogen) atoms. The lowest BCUT2D eigenvalue weighted by atomic mass is 10.1. The predicted octanol–water partition coefficient (Wildman–Crippen LogP) is 4.26. The maximum absolute atomic E-state index is 13.5. The van der Waals surface area contributed by atoms with Gasteiger partial charge < -0.3 is 10.2 Å². The quantitative estimate of drug-likeness (QED) is 0.500. The molecular weight excluding hydrogens is 497 g/mol. The molecule has 0 saturated carbocycles. The fraction of sp³-hybridized carbons (Fsp3) is 0.417. The molecule has 0 aliphatic rings. The van der Waals surface area contributed by atoms with Crippen LogP contribution in [0.2, 0.25) is 10.0 Å². The number of nitrogens with one attached hydrogen (secondary N) is 1. The first-order valence-corrected chi connectivity index (χ1v) is 13.5. The lowest BCUT2D eigenvalue weighted by Gasteiger charge is -2.32. The number of hydrogen-bond acceptors (Lipinski definition) is 4. The summed E-state index contributed by atoms with van der Waals surface area (Å²) in [7, 11) is -3.86. The van der Waals surface area contributed by atoms with E-state index in [4.69, 9.17) is 23.2 Å². The lowest BCUT2D eigenvalue weighted by Crippen LogP contribution is -2.51. The summed E-state index contributed by atoms with van der Waals surface area (Å²) in [5.74, 6) is -0.603. The summed E-state index contributed by atoms with van der Waals surface area (Å²) in [5.41, 5.74) is 1.98. The number of rotatable bonds is 10. The normalized spacial score (nSPS) is 12.4. The number of hydrogen-bond donors (Lipinski definition) is 1. The number of anilines is 1. The summed E-state index contributed by atoms with van der Waals surface area (Å²) < 4.78 is 26.1. The van der Waals surface area contributed by atoms with Crippen molar-refractivity contribution in [3.05, 3.63) is 63.6 Å². The highest BCUT2D eigenvalue weighted by Crippen LogP contribution is 2.27. The van der Waals surface area contributed by atoms with Crippen LogP contribution >= 0.6 is 23.2 Å². The number of carbonyl (C=O) groups excluding carboxylic acids is 2. The molecule has 0 spiro atoms. The Labute approximate surface area is 212 Å². The monoisotopic (exact) mass is 527 g/mol. The molecule has 10 heteroatoms. The Morgan fingerprint density at radius 2 is 1.62 bits per heavy atom. The van der Waals surface area contributed by atoms with Gasteiger partial charge in [-0.25, -0.2) is 8.42 Å². The van der Waals surface area contributed by atoms with E-state index in [1.54, 1.807) is 6.92 Å². The van der Waals surface area contributed by atoms with Crippen molar-refractivity contribution in [2.75, 3.05) is 23.7 Å². The number of benzene rings is 2. The second kappa shape index (κ2) is 11.9. The zero-order chi connectivity index (χ0) is 25.6. The van der Waals surface area contributed by atoms with Crippen LogP contribution in [0.3, 0.4) is 0 Å². The summed E-state index contributed by atoms with van der Waals surface area (Å²) >= 11 is 12.1. The van der Waals surface area contributed by atoms with E-state index in [9.17, 15) is 18.0 Å². The van der Waals surface area contributed by atoms with E-state index >= 15 is 0 Å². The molecule has 2 aromatic rings. The van der Waals surface area contributed by atoms with Gasteiger partial charge in [-0.15, -0.1) is 0 Å². The third-order valence-electron chi connectivity index (χ3n) is 5.27. The van der Waals surface area contributed by atoms with Crippen LogP contribution in [-0.2, 0) is 26.2 Å². The summed E-state index contributed by atoms with van der Waals surface area (Å²) in [5, 5.41) is 3.32. The molecule has 1 atom stereocenters. The Bertz CT molecular complexity index is 1120. The Morgan fingerprint density at radius 1 is 1.03 bits per heavy atom. The third kappa shape index (κ3) is 7.89. The van der Waals surface area contributed by atoms with E-state index in [1.807, 2.05) is 45.0 Å². The maximum Gasteiger partial charge on any atom is 0.244 e. The van der Waals surface area contributed by atoms with Gasteiger partial charge in [-0.05, 0) is 49.1 Å². The molecule has 0 unspecified atom stereocenters. The molecule has 7 nitrogen and oxygen atoms in total. The van der Waals surface area contributed by atoms with Gasteiger partial charge in [0.05, 0.1) is 11.9 Å². The molecule has 0 radical (unpaired) electrons. The fourth-order valence-corrected chi connectivity index (χ4v) is 4.65. The first-order chi connectivity index (χ1) is 15.8. The molecule has 0 aliphatic heterocycles. The van der Waals surface area contributed by atoms with Crippen molar-refractivity contribution < 1.29 is 18.0 Å². The molecule has 0 aromatic heterocycles. The molecule has 1 N–H and O–H groups in total. The number of amides is 2. The summed E-state index contributed by atoms with van der Waals surface area (Å²) in [6, 6.07) is 11.0. The van der Waals surface area contributed by atoms with Crippen LogP contribution in [-0.4, -0.2) is 50.5 Å². The topological polar surface area (TPSA) is 86.8 Å². The molecule has 0 heterocycles. The van der Waals surface area contributed by atoms with Crippen LogP contribution in [0.1, 0.15) is 31.9 Å². The smallest absolute Gasteiger partial charge is 0.244 e. The van der Waals surface area contributed by atoms with Crippen molar-refractivity contribution in [2.24, 2.45) is 5.92 Å². The van der Waals surface area contributed by atoms with Gasteiger partial charge in [0.2, 0.25) is 21.8 Å². The van der Waals surface area contributed by atoms with Crippen LogP contribution in [0, 0.1) is 12.8 Å². The van der Waals surface area contributed by atoms with Gasteiger partial charge >= 0.3 is 0 Å². The predicted molar refractivity (Wildman–Crippen MR) is 138 cm³/mol. The van der Waals surface area contributed by atoms with Crippen molar-refractivity contribution in [3.63, 3.8) is 0 Å². The molecular formula is C24H31Cl2N3O4S. The van der Waals surface area contributed by atoms with E-state index in [0.717, 1.165) is 21.7 Å². The SMILES string of the molecule is Cc1ccccc1CN(C(=O)CN(c1cc(Cl)cc(Cl)c1)S(C)(=O)=O)[C@@H](C)C(=O)NCC(C)C. The number of sulfonamides is 1. The molecule has 0 aliphatic carbocycles. The number of halogens is 2. The third-order valence-corrected chi connectivity index (χ3v) is 6.85. The van der Waals surface area contributed by atoms with Gasteiger partial charge in [-0.1, -0.05) is 61.3 Å². The first kappa shape index (κ1) is 28.0. The average Bonchev–Trinajstić information content (AvgIpc) is 2.73. The largest absolute Gasteiger partial charge is 0.354 e. The van der Waals surface area contributed by atoms with Crippen LogP contribution in [0.15, 0.2) is 42.5 Å². The van der Waals surface area contributed by atoms with Crippen LogP contribution in [0.4, 0.5) is 5.69 Å². The highest BCUT2D eigenvalue weighted by atomic mass is 35.5. The molecule has 2 amide bonds. The summed E-state index contributed by atoms with van der Waals surface area (Å²) in [6.45, 7) is 7.60. The molecule has 0 saturated heterocycles. The van der Waals surface area contributed by atoms with Crippen molar-refractivity contribution in [1.29, 1.82) is 0 Å². The van der Waals surface area contributed by atoms with Gasteiger partial charge in [0, 0.05) is 23.1 Å².